The molecule has 0 aliphatic heterocycles. The molecule has 0 saturated heterocycles. The van der Waals surface area contributed by atoms with Gasteiger partial charge in [0.25, 0.3) is 0 Å². The molecule has 0 amide bonds. The van der Waals surface area contributed by atoms with Gasteiger partial charge < -0.3 is 17.3 Å². The Morgan fingerprint density at radius 1 is 0.889 bits per heavy atom. The molecule has 0 aliphatic carbocycles. The summed E-state index contributed by atoms with van der Waals surface area (Å²) in [5.74, 6) is 0. The lowest BCUT2D eigenvalue weighted by atomic mass is 10.3. The van der Waals surface area contributed by atoms with E-state index in [0.717, 1.165) is 12.5 Å². The maximum Gasteiger partial charge on any atom is 0.845 e. The number of halogens is 4. The van der Waals surface area contributed by atoms with Crippen LogP contribution >= 0.6 is 0 Å². The number of hydrogen-bond donors (Lipinski definition) is 0. The van der Waals surface area contributed by atoms with E-state index in [2.05, 4.69) is 0 Å². The molecule has 0 fully saturated rings. The van der Waals surface area contributed by atoms with Gasteiger partial charge >= 0.3 is 12.4 Å². The quantitative estimate of drug-likeness (QED) is 0.187. The first-order valence-electron chi connectivity index (χ1n) is 3.66. The monoisotopic (exact) mass is 299 g/mol. The zero-order chi connectivity index (χ0) is 15.3. The highest BCUT2D eigenvalue weighted by Crippen LogP contribution is 2.19. The highest BCUT2D eigenvalue weighted by Gasteiger charge is 2.82. The molecule has 0 aromatic carbocycles. The van der Waals surface area contributed by atoms with Crippen LogP contribution in [0.4, 0.5) is 17.3 Å². The summed E-state index contributed by atoms with van der Waals surface area (Å²) in [6, 6.07) is 0. The van der Waals surface area contributed by atoms with E-state index in [9.17, 15) is 47.6 Å². The Balaban J connectivity index is 0. The molecule has 0 aromatic rings. The fraction of sp³-hybridized carbons (Fsp3) is 1.00. The third kappa shape index (κ3) is 5.11. The van der Waals surface area contributed by atoms with Crippen molar-refractivity contribution in [1.29, 1.82) is 0 Å². The normalized spacial score (nSPS) is 11.5. The van der Waals surface area contributed by atoms with E-state index in [1.165, 1.54) is 0 Å². The standard InChI is InChI=1S/C3H6N3O6S.BF4/c1-13(2)3(4(7)8,5(9)10)6(11)12;2-1(3,4)5/h1-2H3;/q+1;-1. The number of rotatable bonds is 4. The molecule has 0 aromatic heterocycles. The largest absolute Gasteiger partial charge is 0.845 e. The van der Waals surface area contributed by atoms with Gasteiger partial charge in [-0.2, -0.15) is 0 Å². The summed E-state index contributed by atoms with van der Waals surface area (Å²) in [6.45, 7) is 0. The van der Waals surface area contributed by atoms with Gasteiger partial charge in [-0.15, -0.1) is 0 Å². The van der Waals surface area contributed by atoms with Gasteiger partial charge in [0.2, 0.25) is 25.7 Å². The Bertz CT molecular complexity index is 307. The second-order valence-electron chi connectivity index (χ2n) is 2.66. The number of nitro groups is 3. The molecule has 18 heavy (non-hydrogen) atoms. The van der Waals surface area contributed by atoms with Crippen molar-refractivity contribution in [1.82, 2.24) is 0 Å². The van der Waals surface area contributed by atoms with Crippen LogP contribution in [-0.2, 0) is 10.9 Å². The lowest BCUT2D eigenvalue weighted by molar-refractivity contribution is -0.935. The fourth-order valence-corrected chi connectivity index (χ4v) is 1.54. The van der Waals surface area contributed by atoms with Crippen molar-refractivity contribution in [2.24, 2.45) is 0 Å². The molecule has 0 aliphatic rings. The van der Waals surface area contributed by atoms with Crippen LogP contribution in [0.1, 0.15) is 0 Å². The molecule has 0 spiro atoms. The van der Waals surface area contributed by atoms with Crippen LogP contribution in [0.25, 0.3) is 0 Å². The summed E-state index contributed by atoms with van der Waals surface area (Å²) >= 11 is 0. The van der Waals surface area contributed by atoms with Gasteiger partial charge in [0.05, 0.1) is 0 Å². The smallest absolute Gasteiger partial charge is 0.418 e. The predicted octanol–water partition coefficient (Wildman–Crippen LogP) is 0.606. The van der Waals surface area contributed by atoms with Gasteiger partial charge in [0.15, 0.2) is 0 Å². The molecule has 0 heterocycles. The van der Waals surface area contributed by atoms with Crippen molar-refractivity contribution in [3.8, 4) is 0 Å². The molecule has 15 heteroatoms. The van der Waals surface area contributed by atoms with Crippen molar-refractivity contribution >= 4 is 18.1 Å². The molecular weight excluding hydrogens is 293 g/mol. The van der Waals surface area contributed by atoms with Crippen molar-refractivity contribution in [2.45, 2.75) is 5.12 Å². The van der Waals surface area contributed by atoms with E-state index >= 15 is 0 Å². The van der Waals surface area contributed by atoms with Crippen molar-refractivity contribution in [2.75, 3.05) is 12.5 Å². The Morgan fingerprint density at radius 3 is 1.06 bits per heavy atom. The first-order chi connectivity index (χ1) is 7.77. The molecule has 0 rings (SSSR count). The topological polar surface area (TPSA) is 129 Å². The minimum absolute atomic E-state index is 1.08. The predicted molar refractivity (Wildman–Crippen MR) is 53.1 cm³/mol. The molecule has 0 N–H and O–H groups in total. The Hall–Kier alpha value is -1.67. The maximum absolute atomic E-state index is 10.3. The van der Waals surface area contributed by atoms with Crippen LogP contribution in [-0.4, -0.2) is 39.7 Å². The second-order valence-corrected chi connectivity index (χ2v) is 4.84. The molecular formula is C3H6BF4N3O6S. The summed E-state index contributed by atoms with van der Waals surface area (Å²) in [7, 11) is -7.60. The molecule has 0 unspecified atom stereocenters. The minimum atomic E-state index is -6.00. The highest BCUT2D eigenvalue weighted by molar-refractivity contribution is 7.96. The van der Waals surface area contributed by atoms with Crippen molar-refractivity contribution in [3.63, 3.8) is 0 Å². The average molecular weight is 299 g/mol. The molecule has 9 nitrogen and oxygen atoms in total. The third-order valence-corrected chi connectivity index (χ3v) is 2.80. The van der Waals surface area contributed by atoms with Crippen LogP contribution in [0, 0.1) is 30.3 Å². The van der Waals surface area contributed by atoms with E-state index in [4.69, 9.17) is 0 Å². The number of nitrogens with zero attached hydrogens (tertiary/aromatic N) is 3. The van der Waals surface area contributed by atoms with Gasteiger partial charge in [-0.05, 0) is 0 Å². The summed E-state index contributed by atoms with van der Waals surface area (Å²) in [5, 5.41) is 27.5. The fourth-order valence-electron chi connectivity index (χ4n) is 0.647. The van der Waals surface area contributed by atoms with Crippen LogP contribution in [0.3, 0.4) is 0 Å². The summed E-state index contributed by atoms with van der Waals surface area (Å²) in [6.07, 6.45) is 2.16. The van der Waals surface area contributed by atoms with E-state index in [-0.39, 0.29) is 0 Å². The third-order valence-electron chi connectivity index (χ3n) is 1.26. The van der Waals surface area contributed by atoms with Crippen LogP contribution in [0.2, 0.25) is 0 Å². The van der Waals surface area contributed by atoms with Gasteiger partial charge in [-0.3, -0.25) is 0 Å². The zero-order valence-corrected chi connectivity index (χ0v) is 9.61. The highest BCUT2D eigenvalue weighted by atomic mass is 32.2. The van der Waals surface area contributed by atoms with Gasteiger partial charge in [0.1, 0.15) is 12.5 Å². The van der Waals surface area contributed by atoms with E-state index in [1.54, 1.807) is 0 Å². The van der Waals surface area contributed by atoms with E-state index in [1.807, 2.05) is 0 Å². The number of hydrogen-bond acceptors (Lipinski definition) is 6. The van der Waals surface area contributed by atoms with Crippen LogP contribution in [0.5, 0.6) is 0 Å². The molecule has 0 radical (unpaired) electrons. The van der Waals surface area contributed by atoms with Gasteiger partial charge in [-0.1, -0.05) is 0 Å². The molecule has 106 valence electrons. The zero-order valence-electron chi connectivity index (χ0n) is 8.79. The Labute approximate surface area is 99.0 Å². The summed E-state index contributed by atoms with van der Waals surface area (Å²) in [4.78, 5) is 26.4. The second kappa shape index (κ2) is 6.32. The molecule has 0 bridgehead atoms. The first kappa shape index (κ1) is 18.7. The van der Waals surface area contributed by atoms with E-state index in [0.29, 0.717) is 0 Å². The Kier molecular flexibility index (Phi) is 6.56. The van der Waals surface area contributed by atoms with E-state index < -0.39 is 38.0 Å². The van der Waals surface area contributed by atoms with Gasteiger partial charge in [-0.25, -0.2) is 30.3 Å². The van der Waals surface area contributed by atoms with Crippen LogP contribution in [0.15, 0.2) is 0 Å². The Morgan fingerprint density at radius 2 is 1.06 bits per heavy atom. The van der Waals surface area contributed by atoms with Crippen LogP contribution < -0.4 is 0 Å². The SMILES string of the molecule is C[S+](C)C([N+](=O)[O-])([N+](=O)[O-])[N+](=O)[O-].F[B-](F)(F)F. The lowest BCUT2D eigenvalue weighted by Gasteiger charge is -2.03. The van der Waals surface area contributed by atoms with Crippen molar-refractivity contribution in [3.05, 3.63) is 30.3 Å². The first-order valence-corrected chi connectivity index (χ1v) is 5.70. The molecule has 0 atom stereocenters. The van der Waals surface area contributed by atoms with Gasteiger partial charge in [0, 0.05) is 0 Å². The average Bonchev–Trinajstić information content (AvgIpc) is 1.96. The minimum Gasteiger partial charge on any atom is -0.418 e. The molecule has 0 saturated carbocycles. The summed E-state index contributed by atoms with van der Waals surface area (Å²) < 4.78 is 39.0. The van der Waals surface area contributed by atoms with Crippen molar-refractivity contribution < 1.29 is 32.0 Å². The maximum atomic E-state index is 10.3. The summed E-state index contributed by atoms with van der Waals surface area (Å²) in [5.41, 5.74) is 0. The lowest BCUT2D eigenvalue weighted by Crippen LogP contribution is -2.58.